The van der Waals surface area contributed by atoms with Gasteiger partial charge in [-0.25, -0.2) is 0 Å². The Kier molecular flexibility index (Phi) is 9.32. The van der Waals surface area contributed by atoms with Crippen LogP contribution in [0.5, 0.6) is 11.5 Å². The van der Waals surface area contributed by atoms with Gasteiger partial charge in [0.25, 0.3) is 0 Å². The van der Waals surface area contributed by atoms with Gasteiger partial charge in [0.2, 0.25) is 0 Å². The molecule has 1 N–H and O–H groups in total. The second-order valence-corrected chi connectivity index (χ2v) is 7.22. The standard InChI is InChI=1S/C22H33N3O3/c1-5-9-24(10-6-2)16-19-7-8-21(27-4)22(15-19)28-18-20(26)17-25-13-11-23(3)12-14-25/h1,6-8,15,20,26H,2,9-14,16-18H2,3-4H3/t20-/m1/s1. The molecular weight excluding hydrogens is 354 g/mol. The Morgan fingerprint density at radius 3 is 2.71 bits per heavy atom. The van der Waals surface area contributed by atoms with Crippen LogP contribution in [0.1, 0.15) is 5.56 Å². The molecule has 1 aromatic carbocycles. The lowest BCUT2D eigenvalue weighted by molar-refractivity contribution is 0.0497. The Morgan fingerprint density at radius 1 is 1.32 bits per heavy atom. The molecule has 1 heterocycles. The van der Waals surface area contributed by atoms with Gasteiger partial charge < -0.3 is 19.5 Å². The Labute approximate surface area is 169 Å². The summed E-state index contributed by atoms with van der Waals surface area (Å²) in [6.07, 6.45) is 6.74. The number of likely N-dealkylation sites (N-methyl/N-ethyl adjacent to an activating group) is 1. The van der Waals surface area contributed by atoms with Crippen molar-refractivity contribution in [2.45, 2.75) is 12.6 Å². The molecule has 6 heteroatoms. The van der Waals surface area contributed by atoms with Crippen molar-refractivity contribution in [1.29, 1.82) is 0 Å². The minimum absolute atomic E-state index is 0.229. The maximum absolute atomic E-state index is 10.4. The van der Waals surface area contributed by atoms with Crippen LogP contribution in [0.3, 0.4) is 0 Å². The van der Waals surface area contributed by atoms with Crippen molar-refractivity contribution in [3.05, 3.63) is 36.4 Å². The summed E-state index contributed by atoms with van der Waals surface area (Å²) in [6.45, 7) is 10.6. The number of piperazine rings is 1. The topological polar surface area (TPSA) is 48.4 Å². The van der Waals surface area contributed by atoms with Crippen LogP contribution in [0, 0.1) is 12.3 Å². The molecule has 1 atom stereocenters. The Morgan fingerprint density at radius 2 is 2.07 bits per heavy atom. The van der Waals surface area contributed by atoms with Crippen LogP contribution in [0.25, 0.3) is 0 Å². The predicted octanol–water partition coefficient (Wildman–Crippen LogP) is 1.30. The van der Waals surface area contributed by atoms with Gasteiger partial charge in [0.1, 0.15) is 12.7 Å². The molecule has 0 spiro atoms. The van der Waals surface area contributed by atoms with E-state index in [1.807, 2.05) is 24.3 Å². The van der Waals surface area contributed by atoms with Gasteiger partial charge in [-0.3, -0.25) is 9.80 Å². The molecule has 0 aliphatic carbocycles. The zero-order chi connectivity index (χ0) is 20.4. The molecule has 1 fully saturated rings. The van der Waals surface area contributed by atoms with Crippen molar-refractivity contribution >= 4 is 0 Å². The highest BCUT2D eigenvalue weighted by Gasteiger charge is 2.18. The number of hydrogen-bond donors (Lipinski definition) is 1. The van der Waals surface area contributed by atoms with E-state index in [-0.39, 0.29) is 6.61 Å². The quantitative estimate of drug-likeness (QED) is 0.456. The number of ether oxygens (including phenoxy) is 2. The van der Waals surface area contributed by atoms with Crippen LogP contribution in [0.4, 0.5) is 0 Å². The van der Waals surface area contributed by atoms with E-state index in [0.29, 0.717) is 31.1 Å². The van der Waals surface area contributed by atoms with Gasteiger partial charge in [-0.15, -0.1) is 13.0 Å². The van der Waals surface area contributed by atoms with Gasteiger partial charge in [0, 0.05) is 45.8 Å². The molecule has 0 saturated carbocycles. The second kappa shape index (κ2) is 11.7. The minimum atomic E-state index is -0.546. The predicted molar refractivity (Wildman–Crippen MR) is 113 cm³/mol. The summed E-state index contributed by atoms with van der Waals surface area (Å²) in [7, 11) is 3.74. The van der Waals surface area contributed by atoms with E-state index >= 15 is 0 Å². The Balaban J connectivity index is 1.93. The fraction of sp³-hybridized carbons (Fsp3) is 0.545. The zero-order valence-corrected chi connectivity index (χ0v) is 17.1. The van der Waals surface area contributed by atoms with Crippen molar-refractivity contribution in [1.82, 2.24) is 14.7 Å². The van der Waals surface area contributed by atoms with Crippen molar-refractivity contribution < 1.29 is 14.6 Å². The minimum Gasteiger partial charge on any atom is -0.493 e. The van der Waals surface area contributed by atoms with Crippen molar-refractivity contribution in [3.63, 3.8) is 0 Å². The average molecular weight is 388 g/mol. The summed E-state index contributed by atoms with van der Waals surface area (Å²) in [5.74, 6) is 3.96. The Hall–Kier alpha value is -2.04. The van der Waals surface area contributed by atoms with Crippen molar-refractivity contribution in [2.24, 2.45) is 0 Å². The number of rotatable bonds is 11. The highest BCUT2D eigenvalue weighted by molar-refractivity contribution is 5.43. The number of terminal acetylenes is 1. The molecule has 1 aliphatic heterocycles. The molecule has 1 saturated heterocycles. The number of β-amino-alcohol motifs (C(OH)–C–C–N with tert-alkyl or cyclic N) is 1. The summed E-state index contributed by atoms with van der Waals surface area (Å²) in [4.78, 5) is 6.68. The van der Waals surface area contributed by atoms with Crippen LogP contribution < -0.4 is 9.47 Å². The van der Waals surface area contributed by atoms with E-state index < -0.39 is 6.10 Å². The van der Waals surface area contributed by atoms with E-state index in [0.717, 1.165) is 38.3 Å². The fourth-order valence-electron chi connectivity index (χ4n) is 3.25. The highest BCUT2D eigenvalue weighted by Crippen LogP contribution is 2.28. The summed E-state index contributed by atoms with van der Waals surface area (Å²) in [5.41, 5.74) is 1.07. The normalized spacial score (nSPS) is 16.5. The number of benzene rings is 1. The van der Waals surface area contributed by atoms with Gasteiger partial charge in [-0.1, -0.05) is 18.1 Å². The first-order chi connectivity index (χ1) is 13.5. The van der Waals surface area contributed by atoms with Crippen LogP contribution >= 0.6 is 0 Å². The third-order valence-corrected chi connectivity index (χ3v) is 4.83. The van der Waals surface area contributed by atoms with Crippen LogP contribution in [0.2, 0.25) is 0 Å². The molecule has 1 aromatic rings. The molecule has 6 nitrogen and oxygen atoms in total. The summed E-state index contributed by atoms with van der Waals surface area (Å²) >= 11 is 0. The van der Waals surface area contributed by atoms with Gasteiger partial charge in [0.15, 0.2) is 11.5 Å². The number of nitrogens with zero attached hydrogens (tertiary/aromatic N) is 3. The maximum Gasteiger partial charge on any atom is 0.161 e. The summed E-state index contributed by atoms with van der Waals surface area (Å²) in [5, 5.41) is 10.4. The lowest BCUT2D eigenvalue weighted by atomic mass is 10.2. The lowest BCUT2D eigenvalue weighted by Gasteiger charge is -2.33. The fourth-order valence-corrected chi connectivity index (χ4v) is 3.25. The Bertz CT molecular complexity index is 651. The summed E-state index contributed by atoms with van der Waals surface area (Å²) in [6, 6.07) is 5.84. The van der Waals surface area contributed by atoms with Crippen molar-refractivity contribution in [3.8, 4) is 23.8 Å². The molecule has 0 aromatic heterocycles. The van der Waals surface area contributed by atoms with Crippen LogP contribution in [-0.2, 0) is 6.54 Å². The van der Waals surface area contributed by atoms with E-state index in [4.69, 9.17) is 15.9 Å². The molecular formula is C22H33N3O3. The zero-order valence-electron chi connectivity index (χ0n) is 17.1. The van der Waals surface area contributed by atoms with E-state index in [2.05, 4.69) is 34.2 Å². The lowest BCUT2D eigenvalue weighted by Crippen LogP contribution is -2.47. The van der Waals surface area contributed by atoms with Gasteiger partial charge in [-0.05, 0) is 24.7 Å². The first kappa shape index (κ1) is 22.3. The number of methoxy groups -OCH3 is 1. The molecule has 2 rings (SSSR count). The number of aliphatic hydroxyl groups is 1. The SMILES string of the molecule is C#CCN(CC=C)Cc1ccc(OC)c(OC[C@H](O)CN2CCN(C)CC2)c1. The first-order valence-electron chi connectivity index (χ1n) is 9.71. The number of aliphatic hydroxyl groups excluding tert-OH is 1. The van der Waals surface area contributed by atoms with Crippen LogP contribution in [-0.4, -0.2) is 92.5 Å². The molecule has 0 bridgehead atoms. The maximum atomic E-state index is 10.4. The molecule has 1 aliphatic rings. The van der Waals surface area contributed by atoms with E-state index in [1.54, 1.807) is 7.11 Å². The van der Waals surface area contributed by atoms with Gasteiger partial charge in [0.05, 0.1) is 13.7 Å². The number of hydrogen-bond acceptors (Lipinski definition) is 6. The van der Waals surface area contributed by atoms with Gasteiger partial charge in [-0.2, -0.15) is 0 Å². The average Bonchev–Trinajstić information content (AvgIpc) is 2.69. The third-order valence-electron chi connectivity index (χ3n) is 4.83. The third kappa shape index (κ3) is 7.17. The van der Waals surface area contributed by atoms with Gasteiger partial charge >= 0.3 is 0 Å². The van der Waals surface area contributed by atoms with E-state index in [1.165, 1.54) is 0 Å². The molecule has 0 radical (unpaired) electrons. The first-order valence-corrected chi connectivity index (χ1v) is 9.71. The molecule has 0 amide bonds. The van der Waals surface area contributed by atoms with Crippen LogP contribution in [0.15, 0.2) is 30.9 Å². The molecule has 28 heavy (non-hydrogen) atoms. The second-order valence-electron chi connectivity index (χ2n) is 7.22. The molecule has 0 unspecified atom stereocenters. The van der Waals surface area contributed by atoms with Crippen molar-refractivity contribution in [2.75, 3.05) is 66.6 Å². The van der Waals surface area contributed by atoms with E-state index in [9.17, 15) is 5.11 Å². The monoisotopic (exact) mass is 387 g/mol. The highest BCUT2D eigenvalue weighted by atomic mass is 16.5. The largest absolute Gasteiger partial charge is 0.493 e. The summed E-state index contributed by atoms with van der Waals surface area (Å²) < 4.78 is 11.3. The smallest absolute Gasteiger partial charge is 0.161 e. The molecule has 154 valence electrons.